The van der Waals surface area contributed by atoms with Crippen molar-refractivity contribution in [3.8, 4) is 5.75 Å². The SMILES string of the molecule is CN=C(NCCOc1ccc(C(F)(F)F)cc1)NC1CCN(C(C)C)CC1.I. The molecule has 2 N–H and O–H groups in total. The van der Waals surface area contributed by atoms with Crippen LogP contribution in [-0.2, 0) is 6.18 Å². The van der Waals surface area contributed by atoms with Gasteiger partial charge in [0, 0.05) is 32.2 Å². The lowest BCUT2D eigenvalue weighted by molar-refractivity contribution is -0.137. The minimum atomic E-state index is -4.33. The number of hydrogen-bond donors (Lipinski definition) is 2. The van der Waals surface area contributed by atoms with Crippen LogP contribution < -0.4 is 15.4 Å². The van der Waals surface area contributed by atoms with Gasteiger partial charge in [0.1, 0.15) is 12.4 Å². The molecule has 1 aliphatic heterocycles. The Balaban J connectivity index is 0.00000392. The first-order valence-electron chi connectivity index (χ1n) is 9.31. The Labute approximate surface area is 182 Å². The molecule has 5 nitrogen and oxygen atoms in total. The highest BCUT2D eigenvalue weighted by atomic mass is 127. The van der Waals surface area contributed by atoms with Gasteiger partial charge in [-0.25, -0.2) is 0 Å². The van der Waals surface area contributed by atoms with Gasteiger partial charge in [-0.3, -0.25) is 4.99 Å². The van der Waals surface area contributed by atoms with E-state index in [1.807, 2.05) is 0 Å². The maximum atomic E-state index is 12.5. The van der Waals surface area contributed by atoms with Crippen LogP contribution in [0.2, 0.25) is 0 Å². The second-order valence-electron chi connectivity index (χ2n) is 6.92. The molecule has 9 heteroatoms. The first-order chi connectivity index (χ1) is 12.8. The van der Waals surface area contributed by atoms with Crippen LogP contribution in [0, 0.1) is 0 Å². The molecule has 160 valence electrons. The molecule has 1 fully saturated rings. The van der Waals surface area contributed by atoms with Crippen molar-refractivity contribution in [1.82, 2.24) is 15.5 Å². The monoisotopic (exact) mass is 514 g/mol. The minimum absolute atomic E-state index is 0. The molecule has 0 aromatic heterocycles. The molecule has 0 radical (unpaired) electrons. The molecule has 1 aromatic rings. The number of likely N-dealkylation sites (tertiary alicyclic amines) is 1. The summed E-state index contributed by atoms with van der Waals surface area (Å²) < 4.78 is 43.1. The molecule has 1 heterocycles. The minimum Gasteiger partial charge on any atom is -0.492 e. The van der Waals surface area contributed by atoms with Gasteiger partial charge in [0.2, 0.25) is 0 Å². The summed E-state index contributed by atoms with van der Waals surface area (Å²) >= 11 is 0. The van der Waals surface area contributed by atoms with E-state index in [1.165, 1.54) is 12.1 Å². The lowest BCUT2D eigenvalue weighted by Crippen LogP contribution is -2.50. The van der Waals surface area contributed by atoms with Crippen molar-refractivity contribution in [1.29, 1.82) is 0 Å². The number of benzene rings is 1. The zero-order valence-corrected chi connectivity index (χ0v) is 18.9. The Morgan fingerprint density at radius 3 is 2.32 bits per heavy atom. The molecule has 1 aromatic carbocycles. The van der Waals surface area contributed by atoms with E-state index in [0.717, 1.165) is 38.1 Å². The summed E-state index contributed by atoms with van der Waals surface area (Å²) in [6.07, 6.45) is -2.19. The number of halogens is 4. The van der Waals surface area contributed by atoms with E-state index >= 15 is 0 Å². The number of rotatable bonds is 6. The largest absolute Gasteiger partial charge is 0.492 e. The highest BCUT2D eigenvalue weighted by Gasteiger charge is 2.30. The Morgan fingerprint density at radius 2 is 1.82 bits per heavy atom. The number of ether oxygens (including phenoxy) is 1. The standard InChI is InChI=1S/C19H29F3N4O.HI/c1-14(2)26-11-8-16(9-12-26)25-18(23-3)24-10-13-27-17-6-4-15(5-7-17)19(20,21)22;/h4-7,14,16H,8-13H2,1-3H3,(H2,23,24,25);1H. The zero-order chi connectivity index (χ0) is 19.9. The Bertz CT molecular complexity index is 600. The predicted molar refractivity (Wildman–Crippen MR) is 117 cm³/mol. The topological polar surface area (TPSA) is 48.9 Å². The summed E-state index contributed by atoms with van der Waals surface area (Å²) in [4.78, 5) is 6.68. The van der Waals surface area contributed by atoms with Crippen molar-refractivity contribution in [2.45, 2.75) is 44.9 Å². The summed E-state index contributed by atoms with van der Waals surface area (Å²) in [5.74, 6) is 1.13. The Hall–Kier alpha value is -1.23. The Kier molecular flexibility index (Phi) is 10.4. The van der Waals surface area contributed by atoms with Crippen LogP contribution in [0.25, 0.3) is 0 Å². The van der Waals surface area contributed by atoms with E-state index < -0.39 is 11.7 Å². The molecule has 1 aliphatic rings. The average molecular weight is 514 g/mol. The predicted octanol–water partition coefficient (Wildman–Crippen LogP) is 3.74. The first kappa shape index (κ1) is 24.8. The van der Waals surface area contributed by atoms with Crippen LogP contribution in [0.15, 0.2) is 29.3 Å². The number of nitrogens with one attached hydrogen (secondary N) is 2. The molecule has 1 saturated heterocycles. The Morgan fingerprint density at radius 1 is 1.21 bits per heavy atom. The van der Waals surface area contributed by atoms with Gasteiger partial charge in [0.25, 0.3) is 0 Å². The van der Waals surface area contributed by atoms with Gasteiger partial charge >= 0.3 is 6.18 Å². The van der Waals surface area contributed by atoms with Gasteiger partial charge in [0.05, 0.1) is 12.1 Å². The van der Waals surface area contributed by atoms with Crippen molar-refractivity contribution >= 4 is 29.9 Å². The third-order valence-electron chi connectivity index (χ3n) is 4.67. The molecule has 0 amide bonds. The van der Waals surface area contributed by atoms with Gasteiger partial charge in [-0.2, -0.15) is 13.2 Å². The first-order valence-corrected chi connectivity index (χ1v) is 9.31. The molecule has 2 rings (SSSR count). The highest BCUT2D eigenvalue weighted by molar-refractivity contribution is 14.0. The number of guanidine groups is 1. The van der Waals surface area contributed by atoms with E-state index in [4.69, 9.17) is 4.74 Å². The van der Waals surface area contributed by atoms with Gasteiger partial charge in [-0.1, -0.05) is 0 Å². The molecular weight excluding hydrogens is 484 g/mol. The van der Waals surface area contributed by atoms with Gasteiger partial charge < -0.3 is 20.3 Å². The van der Waals surface area contributed by atoms with E-state index in [0.29, 0.717) is 36.9 Å². The fourth-order valence-electron chi connectivity index (χ4n) is 3.03. The summed E-state index contributed by atoms with van der Waals surface area (Å²) in [5, 5.41) is 6.60. The number of aliphatic imine (C=N–C) groups is 1. The summed E-state index contributed by atoms with van der Waals surface area (Å²) in [7, 11) is 1.72. The lowest BCUT2D eigenvalue weighted by atomic mass is 10.0. The third-order valence-corrected chi connectivity index (χ3v) is 4.67. The second kappa shape index (κ2) is 11.7. The number of hydrogen-bond acceptors (Lipinski definition) is 3. The van der Waals surface area contributed by atoms with Crippen LogP contribution in [0.5, 0.6) is 5.75 Å². The highest BCUT2D eigenvalue weighted by Crippen LogP contribution is 2.30. The van der Waals surface area contributed by atoms with Crippen molar-refractivity contribution in [3.63, 3.8) is 0 Å². The number of alkyl halides is 3. The molecule has 0 saturated carbocycles. The molecule has 0 spiro atoms. The van der Waals surface area contributed by atoms with Crippen LogP contribution in [0.4, 0.5) is 13.2 Å². The van der Waals surface area contributed by atoms with Crippen molar-refractivity contribution in [2.75, 3.05) is 33.3 Å². The molecule has 0 aliphatic carbocycles. The molecule has 0 unspecified atom stereocenters. The summed E-state index contributed by atoms with van der Waals surface area (Å²) in [5.41, 5.74) is -0.680. The van der Waals surface area contributed by atoms with Crippen LogP contribution >= 0.6 is 24.0 Å². The van der Waals surface area contributed by atoms with E-state index in [-0.39, 0.29) is 24.0 Å². The van der Waals surface area contributed by atoms with Gasteiger partial charge in [-0.15, -0.1) is 24.0 Å². The van der Waals surface area contributed by atoms with Gasteiger partial charge in [0.15, 0.2) is 5.96 Å². The summed E-state index contributed by atoms with van der Waals surface area (Å²) in [6.45, 7) is 7.41. The molecule has 0 atom stereocenters. The maximum Gasteiger partial charge on any atom is 0.416 e. The lowest BCUT2D eigenvalue weighted by Gasteiger charge is -2.35. The van der Waals surface area contributed by atoms with Crippen LogP contribution in [0.3, 0.4) is 0 Å². The van der Waals surface area contributed by atoms with Crippen molar-refractivity contribution in [2.24, 2.45) is 4.99 Å². The van der Waals surface area contributed by atoms with Gasteiger partial charge in [-0.05, 0) is 51.0 Å². The van der Waals surface area contributed by atoms with Crippen molar-refractivity contribution in [3.05, 3.63) is 29.8 Å². The van der Waals surface area contributed by atoms with Crippen molar-refractivity contribution < 1.29 is 17.9 Å². The van der Waals surface area contributed by atoms with E-state index in [2.05, 4.69) is 34.4 Å². The smallest absolute Gasteiger partial charge is 0.416 e. The number of piperidine rings is 1. The molecule has 0 bridgehead atoms. The fraction of sp³-hybridized carbons (Fsp3) is 0.632. The van der Waals surface area contributed by atoms with Crippen LogP contribution in [0.1, 0.15) is 32.3 Å². The normalized spacial score (nSPS) is 16.6. The van der Waals surface area contributed by atoms with E-state index in [1.54, 1.807) is 7.05 Å². The molecule has 28 heavy (non-hydrogen) atoms. The second-order valence-corrected chi connectivity index (χ2v) is 6.92. The molecular formula is C19H30F3IN4O. The zero-order valence-electron chi connectivity index (χ0n) is 16.6. The summed E-state index contributed by atoms with van der Waals surface area (Å²) in [6, 6.07) is 5.67. The van der Waals surface area contributed by atoms with Crippen LogP contribution in [-0.4, -0.2) is 56.2 Å². The third kappa shape index (κ3) is 8.02. The maximum absolute atomic E-state index is 12.5. The quantitative estimate of drug-likeness (QED) is 0.263. The van der Waals surface area contributed by atoms with E-state index in [9.17, 15) is 13.2 Å². The fourth-order valence-corrected chi connectivity index (χ4v) is 3.03. The number of nitrogens with zero attached hydrogens (tertiary/aromatic N) is 2. The average Bonchev–Trinajstić information content (AvgIpc) is 2.64.